The van der Waals surface area contributed by atoms with Crippen molar-refractivity contribution in [2.45, 2.75) is 32.4 Å². The molecule has 2 aromatic heterocycles. The standard InChI is InChI=1S/C25H27N3O4S/c1-17-6-8-19(9-7-17)23(29)27-22(24(30)26-16-20-4-2-14-32-20)18-10-12-28(13-11-18)25(31)21-5-3-15-33-21/h2-9,14-15,18,22H,10-13,16H2,1H3,(H,26,30)(H,27,29)/t22-/m0/s1. The molecule has 1 aromatic carbocycles. The molecule has 0 unspecified atom stereocenters. The van der Waals surface area contributed by atoms with Crippen LogP contribution in [0.3, 0.4) is 0 Å². The lowest BCUT2D eigenvalue weighted by atomic mass is 9.88. The number of piperidine rings is 1. The largest absolute Gasteiger partial charge is 0.467 e. The second kappa shape index (κ2) is 10.5. The summed E-state index contributed by atoms with van der Waals surface area (Å²) in [5, 5.41) is 7.71. The fraction of sp³-hybridized carbons (Fsp3) is 0.320. The molecule has 2 N–H and O–H groups in total. The fourth-order valence-corrected chi connectivity index (χ4v) is 4.71. The van der Waals surface area contributed by atoms with Crippen molar-refractivity contribution in [1.82, 2.24) is 15.5 Å². The molecule has 3 amide bonds. The Morgan fingerprint density at radius 1 is 1.09 bits per heavy atom. The van der Waals surface area contributed by atoms with Crippen LogP contribution in [-0.2, 0) is 11.3 Å². The number of thiophene rings is 1. The smallest absolute Gasteiger partial charge is 0.263 e. The number of carbonyl (C=O) groups is 3. The van der Waals surface area contributed by atoms with Gasteiger partial charge >= 0.3 is 0 Å². The molecule has 0 spiro atoms. The highest BCUT2D eigenvalue weighted by Crippen LogP contribution is 2.24. The molecule has 3 heterocycles. The van der Waals surface area contributed by atoms with Gasteiger partial charge in [-0.25, -0.2) is 0 Å². The summed E-state index contributed by atoms with van der Waals surface area (Å²) in [6.45, 7) is 3.30. The van der Waals surface area contributed by atoms with Crippen LogP contribution in [0.1, 0.15) is 44.2 Å². The number of rotatable bonds is 7. The average Bonchev–Trinajstić information content (AvgIpc) is 3.56. The van der Waals surface area contributed by atoms with E-state index in [1.165, 1.54) is 11.3 Å². The van der Waals surface area contributed by atoms with E-state index < -0.39 is 6.04 Å². The maximum absolute atomic E-state index is 13.1. The topological polar surface area (TPSA) is 91.7 Å². The highest BCUT2D eigenvalue weighted by atomic mass is 32.1. The molecule has 1 aliphatic heterocycles. The quantitative estimate of drug-likeness (QED) is 0.558. The number of carbonyl (C=O) groups excluding carboxylic acids is 3. The zero-order valence-electron chi connectivity index (χ0n) is 18.5. The van der Waals surface area contributed by atoms with Crippen molar-refractivity contribution in [1.29, 1.82) is 0 Å². The highest BCUT2D eigenvalue weighted by Gasteiger charge is 2.34. The van der Waals surface area contributed by atoms with Gasteiger partial charge in [0.25, 0.3) is 11.8 Å². The number of hydrogen-bond donors (Lipinski definition) is 2. The van der Waals surface area contributed by atoms with Crippen LogP contribution in [0.4, 0.5) is 0 Å². The Morgan fingerprint density at radius 2 is 1.85 bits per heavy atom. The summed E-state index contributed by atoms with van der Waals surface area (Å²) in [6, 6.07) is 13.8. The van der Waals surface area contributed by atoms with Gasteiger partial charge in [0.1, 0.15) is 11.8 Å². The first-order valence-electron chi connectivity index (χ1n) is 11.0. The van der Waals surface area contributed by atoms with Crippen LogP contribution in [0, 0.1) is 12.8 Å². The second-order valence-electron chi connectivity index (χ2n) is 8.22. The van der Waals surface area contributed by atoms with Gasteiger partial charge in [-0.3, -0.25) is 14.4 Å². The number of nitrogens with zero attached hydrogens (tertiary/aromatic N) is 1. The van der Waals surface area contributed by atoms with Crippen LogP contribution in [-0.4, -0.2) is 41.8 Å². The van der Waals surface area contributed by atoms with E-state index in [2.05, 4.69) is 10.6 Å². The molecule has 7 nitrogen and oxygen atoms in total. The Kier molecular flexibility index (Phi) is 7.24. The van der Waals surface area contributed by atoms with E-state index in [1.807, 2.05) is 41.5 Å². The van der Waals surface area contributed by atoms with Gasteiger partial charge in [0.05, 0.1) is 17.7 Å². The van der Waals surface area contributed by atoms with Gasteiger partial charge in [-0.1, -0.05) is 23.8 Å². The normalized spacial score (nSPS) is 15.1. The van der Waals surface area contributed by atoms with E-state index in [9.17, 15) is 14.4 Å². The third-order valence-corrected chi connectivity index (χ3v) is 6.79. The molecule has 4 rings (SSSR count). The Bertz CT molecular complexity index is 1070. The van der Waals surface area contributed by atoms with Crippen LogP contribution >= 0.6 is 11.3 Å². The molecule has 1 atom stereocenters. The van der Waals surface area contributed by atoms with E-state index in [0.717, 1.165) is 5.56 Å². The monoisotopic (exact) mass is 465 g/mol. The zero-order valence-corrected chi connectivity index (χ0v) is 19.3. The molecule has 0 bridgehead atoms. The van der Waals surface area contributed by atoms with Crippen molar-refractivity contribution in [3.63, 3.8) is 0 Å². The van der Waals surface area contributed by atoms with Crippen LogP contribution < -0.4 is 10.6 Å². The molecule has 0 radical (unpaired) electrons. The summed E-state index contributed by atoms with van der Waals surface area (Å²) >= 11 is 1.43. The van der Waals surface area contributed by atoms with E-state index in [1.54, 1.807) is 30.5 Å². The SMILES string of the molecule is Cc1ccc(C(=O)N[C@H](C(=O)NCc2ccco2)C2CCN(C(=O)c3cccs3)CC2)cc1. The molecule has 0 saturated carbocycles. The zero-order chi connectivity index (χ0) is 23.2. The summed E-state index contributed by atoms with van der Waals surface area (Å²) in [5.41, 5.74) is 1.57. The second-order valence-corrected chi connectivity index (χ2v) is 9.17. The van der Waals surface area contributed by atoms with Gasteiger partial charge in [0.2, 0.25) is 5.91 Å². The predicted octanol–water partition coefficient (Wildman–Crippen LogP) is 3.62. The molecule has 1 fully saturated rings. The van der Waals surface area contributed by atoms with Gasteiger partial charge in [0.15, 0.2) is 0 Å². The number of amides is 3. The highest BCUT2D eigenvalue weighted by molar-refractivity contribution is 7.12. The number of nitrogens with one attached hydrogen (secondary N) is 2. The first kappa shape index (κ1) is 22.8. The van der Waals surface area contributed by atoms with Gasteiger partial charge in [-0.05, 0) is 61.4 Å². The Morgan fingerprint density at radius 3 is 2.48 bits per heavy atom. The van der Waals surface area contributed by atoms with E-state index in [-0.39, 0.29) is 30.2 Å². The molecular weight excluding hydrogens is 438 g/mol. The lowest BCUT2D eigenvalue weighted by Crippen LogP contribution is -2.53. The van der Waals surface area contributed by atoms with Crippen LogP contribution in [0.25, 0.3) is 0 Å². The molecule has 0 aliphatic carbocycles. The number of furan rings is 1. The van der Waals surface area contributed by atoms with Crippen LogP contribution in [0.15, 0.2) is 64.6 Å². The van der Waals surface area contributed by atoms with Crippen molar-refractivity contribution in [2.24, 2.45) is 5.92 Å². The third-order valence-electron chi connectivity index (χ3n) is 5.93. The van der Waals surface area contributed by atoms with Gasteiger partial charge in [0, 0.05) is 18.7 Å². The summed E-state index contributed by atoms with van der Waals surface area (Å²) in [5.74, 6) is 0.0396. The Balaban J connectivity index is 1.43. The lowest BCUT2D eigenvalue weighted by Gasteiger charge is -2.35. The number of likely N-dealkylation sites (tertiary alicyclic amines) is 1. The Hall–Kier alpha value is -3.39. The first-order chi connectivity index (χ1) is 16.0. The minimum Gasteiger partial charge on any atom is -0.467 e. The molecule has 33 heavy (non-hydrogen) atoms. The van der Waals surface area contributed by atoms with Crippen molar-refractivity contribution < 1.29 is 18.8 Å². The summed E-state index contributed by atoms with van der Waals surface area (Å²) < 4.78 is 5.30. The minimum atomic E-state index is -0.701. The third kappa shape index (κ3) is 5.70. The average molecular weight is 466 g/mol. The molecule has 172 valence electrons. The number of hydrogen-bond acceptors (Lipinski definition) is 5. The number of aryl methyl sites for hydroxylation is 1. The summed E-state index contributed by atoms with van der Waals surface area (Å²) in [7, 11) is 0. The Labute approximate surface area is 196 Å². The number of benzene rings is 1. The van der Waals surface area contributed by atoms with E-state index in [0.29, 0.717) is 42.1 Å². The van der Waals surface area contributed by atoms with Crippen molar-refractivity contribution >= 4 is 29.1 Å². The molecular formula is C25H27N3O4S. The predicted molar refractivity (Wildman–Crippen MR) is 126 cm³/mol. The fourth-order valence-electron chi connectivity index (χ4n) is 4.02. The van der Waals surface area contributed by atoms with Gasteiger partial charge in [-0.15, -0.1) is 11.3 Å². The van der Waals surface area contributed by atoms with Crippen molar-refractivity contribution in [2.75, 3.05) is 13.1 Å². The molecule has 3 aromatic rings. The molecule has 1 aliphatic rings. The maximum atomic E-state index is 13.1. The lowest BCUT2D eigenvalue weighted by molar-refractivity contribution is -0.124. The van der Waals surface area contributed by atoms with E-state index >= 15 is 0 Å². The van der Waals surface area contributed by atoms with Crippen LogP contribution in [0.2, 0.25) is 0 Å². The molecule has 8 heteroatoms. The summed E-state index contributed by atoms with van der Waals surface area (Å²) in [4.78, 5) is 41.2. The summed E-state index contributed by atoms with van der Waals surface area (Å²) in [6.07, 6.45) is 2.81. The van der Waals surface area contributed by atoms with Crippen LogP contribution in [0.5, 0.6) is 0 Å². The van der Waals surface area contributed by atoms with E-state index in [4.69, 9.17) is 4.42 Å². The van der Waals surface area contributed by atoms with Gasteiger partial charge in [-0.2, -0.15) is 0 Å². The minimum absolute atomic E-state index is 0.0194. The molecule has 1 saturated heterocycles. The van der Waals surface area contributed by atoms with Gasteiger partial charge < -0.3 is 20.0 Å². The van der Waals surface area contributed by atoms with Crippen molar-refractivity contribution in [3.8, 4) is 0 Å². The van der Waals surface area contributed by atoms with Crippen molar-refractivity contribution in [3.05, 3.63) is 81.9 Å². The maximum Gasteiger partial charge on any atom is 0.263 e. The first-order valence-corrected chi connectivity index (χ1v) is 11.9.